The number of carbonyl (C=O) groups is 17. The molecule has 0 aromatic carbocycles. The molecule has 0 amide bonds. The van der Waals surface area contributed by atoms with E-state index in [-0.39, 0.29) is 230 Å². The van der Waals surface area contributed by atoms with Crippen LogP contribution in [-0.2, 0) is 176 Å². The van der Waals surface area contributed by atoms with Crippen molar-refractivity contribution >= 4 is 304 Å². The quantitative estimate of drug-likeness (QED) is 0.0236. The Labute approximate surface area is 807 Å². The highest BCUT2D eigenvalue weighted by atomic mass is 32.1. The molecule has 1 heterocycles. The number of ether oxygens (including phenoxy) is 20. The fraction of sp³-hybridized carbons (Fsp3) is 0.761. The Kier molecular flexibility index (Phi) is 73.2. The second-order valence-electron chi connectivity index (χ2n) is 26.0. The minimum Gasteiger partial charge on any atom is -0.465 e. The largest absolute Gasteiger partial charge is 0.465 e. The van der Waals surface area contributed by atoms with Crippen LogP contribution in [0.3, 0.4) is 0 Å². The van der Waals surface area contributed by atoms with Gasteiger partial charge in [-0.25, -0.2) is 9.59 Å². The molecule has 37 nitrogen and oxygen atoms in total. The molecule has 0 aliphatic carbocycles. The molecule has 0 N–H and O–H groups in total. The zero-order valence-electron chi connectivity index (χ0n) is 67.8. The van der Waals surface area contributed by atoms with Crippen molar-refractivity contribution < 1.29 is 176 Å². The summed E-state index contributed by atoms with van der Waals surface area (Å²) in [5.41, 5.74) is -5.70. The van der Waals surface area contributed by atoms with Gasteiger partial charge in [0.25, 0.3) is 0 Å². The van der Waals surface area contributed by atoms with Gasteiger partial charge in [-0.3, -0.25) is 71.9 Å². The number of carbonyl (C=O) groups excluding carboxylic acids is 17. The predicted octanol–water partition coefficient (Wildman–Crippen LogP) is 2.42. The lowest BCUT2D eigenvalue weighted by atomic mass is 9.73. The van der Waals surface area contributed by atoms with Gasteiger partial charge in [-0.15, -0.1) is 0 Å². The van der Waals surface area contributed by atoms with E-state index < -0.39 is 193 Å². The van der Waals surface area contributed by atoms with Gasteiger partial charge in [-0.1, -0.05) is 6.92 Å². The first kappa shape index (κ1) is 123. The van der Waals surface area contributed by atoms with E-state index in [1.165, 1.54) is 0 Å². The van der Waals surface area contributed by atoms with Gasteiger partial charge in [-0.2, -0.15) is 202 Å². The molecule has 4 unspecified atom stereocenters. The number of hydrogen-bond donors (Lipinski definition) is 16. The molecular weight excluding hydrogens is 1960 g/mol. The lowest BCUT2D eigenvalue weighted by Gasteiger charge is -2.41. The molecule has 124 heavy (non-hydrogen) atoms. The summed E-state index contributed by atoms with van der Waals surface area (Å²) < 4.78 is 107. The Morgan fingerprint density at radius 1 is 0.210 bits per heavy atom. The van der Waals surface area contributed by atoms with E-state index in [2.05, 4.69) is 202 Å². The van der Waals surface area contributed by atoms with Crippen molar-refractivity contribution in [3.05, 3.63) is 0 Å². The summed E-state index contributed by atoms with van der Waals surface area (Å²) in [5, 5.41) is 0. The van der Waals surface area contributed by atoms with E-state index in [0.717, 1.165) is 0 Å². The lowest BCUT2D eigenvalue weighted by Crippen LogP contribution is -2.61. The fourth-order valence-corrected chi connectivity index (χ4v) is 11.4. The summed E-state index contributed by atoms with van der Waals surface area (Å²) in [6, 6.07) is 0. The van der Waals surface area contributed by atoms with Gasteiger partial charge in [0, 0.05) is 57.5 Å². The average molecular weight is 2070 g/mol. The van der Waals surface area contributed by atoms with Crippen LogP contribution in [0, 0.1) is 39.4 Å². The smallest absolute Gasteiger partial charge is 0.336 e. The SMILES string of the molecule is CCCOC(=O)C1C(C(=O)OCCS)C(C(=O)OCCS)OC(C(=O)OCCS)C1C(=O)OCCS.O=C(CCS)OCC(COCC(COC(=O)CCS)(COC(=O)CCS)COC(=O)CCS)(COC(=O)CCS)COC(=O)CCS.O=C(CS)OCC(COCC(COC(=O)CS)(COC(=O)CS)COC(=O)CS)(COC(=O)CS)COC(=O)CS. The molecule has 1 aliphatic rings. The van der Waals surface area contributed by atoms with Crippen LogP contribution in [-0.4, -0.2) is 344 Å². The van der Waals surface area contributed by atoms with Crippen molar-refractivity contribution in [2.45, 2.75) is 64.1 Å². The third kappa shape index (κ3) is 53.7. The fourth-order valence-electron chi connectivity index (χ4n) is 9.43. The second-order valence-corrected chi connectivity index (χ2v) is 32.4. The highest BCUT2D eigenvalue weighted by Gasteiger charge is 2.61. The molecule has 1 aliphatic heterocycles. The van der Waals surface area contributed by atoms with Crippen molar-refractivity contribution in [2.24, 2.45) is 39.4 Å². The summed E-state index contributed by atoms with van der Waals surface area (Å²) in [6.45, 7) is -5.29. The second kappa shape index (κ2) is 74.1. The molecule has 0 bridgehead atoms. The summed E-state index contributed by atoms with van der Waals surface area (Å²) in [4.78, 5) is 210. The zero-order valence-corrected chi connectivity index (χ0v) is 82.1. The molecule has 0 aromatic heterocycles. The number of rotatable bonds is 65. The molecule has 714 valence electrons. The van der Waals surface area contributed by atoms with Crippen LogP contribution in [0.15, 0.2) is 0 Å². The maximum absolute atomic E-state index is 13.2. The van der Waals surface area contributed by atoms with Crippen LogP contribution in [0.5, 0.6) is 0 Å². The van der Waals surface area contributed by atoms with Gasteiger partial charge in [0.2, 0.25) is 0 Å². The molecule has 0 aromatic rings. The minimum absolute atomic E-state index is 0.0189. The highest BCUT2D eigenvalue weighted by molar-refractivity contribution is 7.83. The van der Waals surface area contributed by atoms with Gasteiger partial charge in [0.05, 0.1) is 134 Å². The van der Waals surface area contributed by atoms with Crippen LogP contribution in [0.2, 0.25) is 0 Å². The van der Waals surface area contributed by atoms with Crippen molar-refractivity contribution in [3.8, 4) is 0 Å². The Morgan fingerprint density at radius 3 is 0.548 bits per heavy atom. The average Bonchev–Trinajstić information content (AvgIpc) is 0.749. The van der Waals surface area contributed by atoms with E-state index in [9.17, 15) is 81.5 Å². The first-order valence-electron chi connectivity index (χ1n) is 37.4. The molecular formula is C71H112O37S16. The molecule has 1 saturated heterocycles. The van der Waals surface area contributed by atoms with E-state index in [1.807, 2.05) is 0 Å². The van der Waals surface area contributed by atoms with Crippen molar-refractivity contribution in [1.82, 2.24) is 0 Å². The summed E-state index contributed by atoms with van der Waals surface area (Å²) in [6.07, 6.45) is -3.27. The summed E-state index contributed by atoms with van der Waals surface area (Å²) in [7, 11) is 0. The van der Waals surface area contributed by atoms with Gasteiger partial charge in [0.1, 0.15) is 118 Å². The van der Waals surface area contributed by atoms with Crippen molar-refractivity contribution in [2.75, 3.05) is 231 Å². The van der Waals surface area contributed by atoms with Crippen LogP contribution in [0.4, 0.5) is 0 Å². The first-order valence-corrected chi connectivity index (χ1v) is 47.5. The number of thiol groups is 16. The predicted molar refractivity (Wildman–Crippen MR) is 496 cm³/mol. The third-order valence-electron chi connectivity index (χ3n) is 15.6. The molecule has 4 atom stereocenters. The zero-order chi connectivity index (χ0) is 94.0. The van der Waals surface area contributed by atoms with E-state index in [0.29, 0.717) is 6.42 Å². The van der Waals surface area contributed by atoms with Gasteiger partial charge < -0.3 is 94.7 Å². The maximum atomic E-state index is 13.2. The van der Waals surface area contributed by atoms with Gasteiger partial charge >= 0.3 is 101 Å². The van der Waals surface area contributed by atoms with Crippen molar-refractivity contribution in [1.29, 1.82) is 0 Å². The molecule has 0 radical (unpaired) electrons. The van der Waals surface area contributed by atoms with Crippen molar-refractivity contribution in [3.63, 3.8) is 0 Å². The monoisotopic (exact) mass is 2070 g/mol. The summed E-state index contributed by atoms with van der Waals surface area (Å²) in [5.74, 6) is -18.0. The number of hydrogen-bond acceptors (Lipinski definition) is 53. The Balaban J connectivity index is 0. The Morgan fingerprint density at radius 2 is 0.379 bits per heavy atom. The van der Waals surface area contributed by atoms with E-state index in [1.54, 1.807) is 6.92 Å². The third-order valence-corrected chi connectivity index (χ3v) is 19.2. The van der Waals surface area contributed by atoms with Gasteiger partial charge in [0.15, 0.2) is 12.2 Å². The standard InChI is InChI=1S/C28H46O13S6.C22H34O13S6.C21H32O11S4/c29-21(1-7-42)36-15-27(16-37-22(30)2-8-43,17-38-23(31)3-9-44)13-35-14-28(18-39-24(32)4-10-45,19-40-25(33)5-11-46)20-41-26(34)6-12-47;23-15(1-36)30-9-21(10-31-16(24)2-37,11-32-17(25)3-38)7-29-8-22(12-33-18(26)4-39,13-34-19(27)5-40)14-35-20(28)6-41;1-2-3-27-17(22)12-13(18(23)28-4-8-33)15(20(25)30-6-10-35)32-16(21(26)31-7-11-36)14(12)19(24)29-5-9-34/h42-47H,1-20H2;36-41H,1-14H2;12-16,33-36H,2-11H2,1H3. The topological polar surface area (TPSA) is 475 Å². The highest BCUT2D eigenvalue weighted by Crippen LogP contribution is 2.40. The van der Waals surface area contributed by atoms with E-state index >= 15 is 0 Å². The summed E-state index contributed by atoms with van der Waals surface area (Å²) >= 11 is 63.3. The molecule has 1 rings (SSSR count). The Hall–Kier alpha value is -3.53. The minimum atomic E-state index is -1.79. The van der Waals surface area contributed by atoms with Crippen LogP contribution >= 0.6 is 202 Å². The van der Waals surface area contributed by atoms with Crippen LogP contribution < -0.4 is 0 Å². The number of esters is 17. The molecule has 0 saturated carbocycles. The maximum Gasteiger partial charge on any atom is 0.336 e. The Bertz CT molecular complexity index is 2840. The molecule has 0 spiro atoms. The van der Waals surface area contributed by atoms with Crippen LogP contribution in [0.25, 0.3) is 0 Å². The molecule has 53 heteroatoms. The normalized spacial score (nSPS) is 14.8. The lowest BCUT2D eigenvalue weighted by molar-refractivity contribution is -0.217. The first-order chi connectivity index (χ1) is 59.1. The molecule has 1 fully saturated rings. The van der Waals surface area contributed by atoms with E-state index in [4.69, 9.17) is 94.7 Å². The van der Waals surface area contributed by atoms with Gasteiger partial charge in [-0.05, 0) is 6.42 Å². The van der Waals surface area contributed by atoms with Crippen LogP contribution in [0.1, 0.15) is 51.9 Å².